The Morgan fingerprint density at radius 2 is 1.51 bits per heavy atom. The zero-order valence-corrected chi connectivity index (χ0v) is 19.8. The van der Waals surface area contributed by atoms with Gasteiger partial charge < -0.3 is 5.32 Å². The average molecular weight is 486 g/mol. The molecule has 0 bridgehead atoms. The van der Waals surface area contributed by atoms with E-state index in [-0.39, 0.29) is 17.5 Å². The van der Waals surface area contributed by atoms with Crippen molar-refractivity contribution in [3.8, 4) is 11.1 Å². The van der Waals surface area contributed by atoms with Crippen molar-refractivity contribution in [1.82, 2.24) is 9.78 Å². The Bertz CT molecular complexity index is 1480. The number of fused-ring (bicyclic) bond motifs is 1. The van der Waals surface area contributed by atoms with Crippen molar-refractivity contribution >= 4 is 32.3 Å². The van der Waals surface area contributed by atoms with E-state index < -0.39 is 15.9 Å². The van der Waals surface area contributed by atoms with Gasteiger partial charge in [0.2, 0.25) is 5.91 Å². The van der Waals surface area contributed by atoms with Crippen LogP contribution in [-0.4, -0.2) is 41.9 Å². The first-order valence-corrected chi connectivity index (χ1v) is 12.9. The number of carbonyl (C=O) groups is 1. The summed E-state index contributed by atoms with van der Waals surface area (Å²) in [6.07, 6.45) is 2.81. The Balaban J connectivity index is 1.64. The summed E-state index contributed by atoms with van der Waals surface area (Å²) in [6, 6.07) is 27.2. The van der Waals surface area contributed by atoms with Gasteiger partial charge in [0.15, 0.2) is 20.7 Å². The highest BCUT2D eigenvalue weighted by molar-refractivity contribution is 8.05. The number of hydrogen-bond donors (Lipinski definition) is 1. The summed E-state index contributed by atoms with van der Waals surface area (Å²) in [4.78, 5) is 13.0. The van der Waals surface area contributed by atoms with Crippen molar-refractivity contribution in [2.75, 3.05) is 23.1 Å². The number of carbonyl (C=O) groups excluding carboxylic acids is 1. The predicted octanol–water partition coefficient (Wildman–Crippen LogP) is 3.96. The Hall–Kier alpha value is -4.24. The second-order valence-electron chi connectivity index (χ2n) is 8.19. The minimum atomic E-state index is -3.73. The summed E-state index contributed by atoms with van der Waals surface area (Å²) >= 11 is 0. The van der Waals surface area contributed by atoms with E-state index in [1.165, 1.54) is 5.01 Å². The summed E-state index contributed by atoms with van der Waals surface area (Å²) in [7, 11) is -3.73. The number of nitrogens with one attached hydrogen (secondary N) is 1. The van der Waals surface area contributed by atoms with Crippen LogP contribution < -0.4 is 10.3 Å². The summed E-state index contributed by atoms with van der Waals surface area (Å²) in [5.41, 5.74) is 3.00. The highest BCUT2D eigenvalue weighted by atomic mass is 32.2. The van der Waals surface area contributed by atoms with Crippen LogP contribution in [0.15, 0.2) is 102 Å². The fourth-order valence-electron chi connectivity index (χ4n) is 4.11. The molecule has 1 N–H and O–H groups in total. The van der Waals surface area contributed by atoms with Gasteiger partial charge in [-0.1, -0.05) is 78.9 Å². The quantitative estimate of drug-likeness (QED) is 0.462. The number of sulfone groups is 1. The maximum absolute atomic E-state index is 13.0. The molecule has 1 aliphatic heterocycles. The molecule has 0 fully saturated rings. The van der Waals surface area contributed by atoms with Crippen LogP contribution in [0.1, 0.15) is 11.6 Å². The number of benzene rings is 3. The van der Waals surface area contributed by atoms with Crippen molar-refractivity contribution in [3.05, 3.63) is 103 Å². The molecular weight excluding hydrogens is 462 g/mol. The third-order valence-corrected chi connectivity index (χ3v) is 6.71. The molecule has 1 aromatic heterocycles. The molecule has 35 heavy (non-hydrogen) atoms. The minimum Gasteiger partial charge on any atom is -0.324 e. The molecule has 0 radical (unpaired) electrons. The van der Waals surface area contributed by atoms with Crippen molar-refractivity contribution in [3.63, 3.8) is 0 Å². The van der Waals surface area contributed by atoms with Gasteiger partial charge in [0.05, 0.1) is 6.20 Å². The van der Waals surface area contributed by atoms with Crippen molar-refractivity contribution < 1.29 is 13.2 Å². The molecule has 4 aromatic rings. The third kappa shape index (κ3) is 4.58. The molecule has 9 heteroatoms. The maximum atomic E-state index is 13.0. The van der Waals surface area contributed by atoms with Crippen molar-refractivity contribution in [2.45, 2.75) is 6.04 Å². The van der Waals surface area contributed by atoms with E-state index in [9.17, 15) is 13.2 Å². The molecule has 2 heterocycles. The molecule has 0 spiro atoms. The first-order valence-electron chi connectivity index (χ1n) is 11.0. The zero-order valence-electron chi connectivity index (χ0n) is 18.9. The van der Waals surface area contributed by atoms with Gasteiger partial charge in [-0.3, -0.25) is 4.79 Å². The predicted molar refractivity (Wildman–Crippen MR) is 137 cm³/mol. The van der Waals surface area contributed by atoms with Crippen LogP contribution >= 0.6 is 0 Å². The van der Waals surface area contributed by atoms with E-state index in [1.807, 2.05) is 78.9 Å². The number of aromatic nitrogens is 2. The third-order valence-electron chi connectivity index (χ3n) is 5.64. The number of rotatable bonds is 5. The van der Waals surface area contributed by atoms with Gasteiger partial charge in [0.1, 0.15) is 12.6 Å². The fourth-order valence-corrected chi connectivity index (χ4v) is 5.00. The molecule has 176 valence electrons. The lowest BCUT2D eigenvalue weighted by Gasteiger charge is -2.32. The van der Waals surface area contributed by atoms with Gasteiger partial charge in [-0.2, -0.15) is 10.2 Å². The zero-order chi connectivity index (χ0) is 24.4. The van der Waals surface area contributed by atoms with Crippen molar-refractivity contribution in [2.24, 2.45) is 5.10 Å². The van der Waals surface area contributed by atoms with E-state index in [0.717, 1.165) is 22.9 Å². The topological polar surface area (TPSA) is 96.7 Å². The van der Waals surface area contributed by atoms with Crippen LogP contribution in [0, 0.1) is 0 Å². The van der Waals surface area contributed by atoms with Crippen LogP contribution in [0.4, 0.5) is 11.5 Å². The molecule has 0 aliphatic carbocycles. The normalized spacial score (nSPS) is 15.3. The number of hydrogen-bond acceptors (Lipinski definition) is 6. The van der Waals surface area contributed by atoms with E-state index in [0.29, 0.717) is 11.5 Å². The number of anilines is 2. The number of nitrogens with zero attached hydrogens (tertiary/aromatic N) is 4. The molecule has 8 nitrogen and oxygen atoms in total. The molecule has 0 saturated heterocycles. The lowest BCUT2D eigenvalue weighted by molar-refractivity contribution is -0.115. The van der Waals surface area contributed by atoms with Gasteiger partial charge >= 0.3 is 0 Å². The van der Waals surface area contributed by atoms with Gasteiger partial charge in [-0.05, 0) is 23.3 Å². The van der Waals surface area contributed by atoms with E-state index in [4.69, 9.17) is 0 Å². The number of hydrazone groups is 1. The molecule has 1 aliphatic rings. The number of para-hydroxylation sites is 1. The molecule has 0 saturated carbocycles. The Kier molecular flexibility index (Phi) is 5.92. The van der Waals surface area contributed by atoms with Gasteiger partial charge in [-0.15, -0.1) is 0 Å². The molecule has 5 rings (SSSR count). The lowest BCUT2D eigenvalue weighted by Crippen LogP contribution is -2.41. The lowest BCUT2D eigenvalue weighted by atomic mass is 10.1. The molecular formula is C26H23N5O3S. The highest BCUT2D eigenvalue weighted by Gasteiger charge is 2.38. The van der Waals surface area contributed by atoms with E-state index in [1.54, 1.807) is 23.0 Å². The average Bonchev–Trinajstić information content (AvgIpc) is 3.30. The van der Waals surface area contributed by atoms with E-state index in [2.05, 4.69) is 15.5 Å². The summed E-state index contributed by atoms with van der Waals surface area (Å²) in [5.74, 6) is 0.207. The summed E-state index contributed by atoms with van der Waals surface area (Å²) in [6.45, 7) is -0.194. The Morgan fingerprint density at radius 1 is 0.914 bits per heavy atom. The summed E-state index contributed by atoms with van der Waals surface area (Å²) < 4.78 is 27.4. The van der Waals surface area contributed by atoms with Crippen LogP contribution in [0.3, 0.4) is 0 Å². The standard InChI is InChI=1S/C26H23N5O3S/c1-35(33,34)25-24(20-13-7-3-8-14-20)31-26(22(17-27-31)19-11-5-2-6-12-19)30(29-25)18-23(32)28-21-15-9-4-10-16-21/h2-17,24H,18H2,1H3,(H,28,32). The summed E-state index contributed by atoms with van der Waals surface area (Å²) in [5, 5.41) is 13.3. The second-order valence-corrected chi connectivity index (χ2v) is 10.2. The molecule has 3 aromatic carbocycles. The number of amides is 1. The largest absolute Gasteiger partial charge is 0.324 e. The van der Waals surface area contributed by atoms with Crippen LogP contribution in [0.25, 0.3) is 11.1 Å². The monoisotopic (exact) mass is 485 g/mol. The first-order chi connectivity index (χ1) is 16.9. The smallest absolute Gasteiger partial charge is 0.246 e. The molecule has 1 amide bonds. The maximum Gasteiger partial charge on any atom is 0.246 e. The SMILES string of the molecule is CS(=O)(=O)C1=NN(CC(=O)Nc2ccccc2)c2c(-c3ccccc3)cnn2C1c1ccccc1. The van der Waals surface area contributed by atoms with Gasteiger partial charge in [0.25, 0.3) is 0 Å². The Morgan fingerprint density at radius 3 is 2.14 bits per heavy atom. The molecule has 1 atom stereocenters. The highest BCUT2D eigenvalue weighted by Crippen LogP contribution is 2.39. The van der Waals surface area contributed by atoms with Gasteiger partial charge in [-0.25, -0.2) is 18.1 Å². The Labute approximate surface area is 203 Å². The molecule has 1 unspecified atom stereocenters. The first kappa shape index (κ1) is 22.5. The second kappa shape index (κ2) is 9.19. The van der Waals surface area contributed by atoms with Crippen LogP contribution in [0.2, 0.25) is 0 Å². The fraction of sp³-hybridized carbons (Fsp3) is 0.115. The van der Waals surface area contributed by atoms with Crippen molar-refractivity contribution in [1.29, 1.82) is 0 Å². The van der Waals surface area contributed by atoms with Crippen LogP contribution in [-0.2, 0) is 14.6 Å². The van der Waals surface area contributed by atoms with Gasteiger partial charge in [0, 0.05) is 17.5 Å². The van der Waals surface area contributed by atoms with Crippen LogP contribution in [0.5, 0.6) is 0 Å². The van der Waals surface area contributed by atoms with E-state index >= 15 is 0 Å². The minimum absolute atomic E-state index is 0.0774.